The van der Waals surface area contributed by atoms with Crippen molar-refractivity contribution in [3.8, 4) is 0 Å². The molecule has 1 aromatic heterocycles. The standard InChI is InChI=1S/C15H28N4S/c1-5-18-6-8-19(9-7-18)11-15-17-13(4)14(20-15)10-16-12(2)3/h12,16H,5-11H2,1-4H3. The largest absolute Gasteiger partial charge is 0.310 e. The van der Waals surface area contributed by atoms with Crippen LogP contribution in [0.1, 0.15) is 36.3 Å². The highest BCUT2D eigenvalue weighted by Crippen LogP contribution is 2.20. The molecular formula is C15H28N4S. The topological polar surface area (TPSA) is 31.4 Å². The van der Waals surface area contributed by atoms with Crippen LogP contribution in [0.25, 0.3) is 0 Å². The average Bonchev–Trinajstić information content (AvgIpc) is 2.77. The fraction of sp³-hybridized carbons (Fsp3) is 0.800. The third kappa shape index (κ3) is 4.52. The lowest BCUT2D eigenvalue weighted by Gasteiger charge is -2.33. The van der Waals surface area contributed by atoms with Crippen LogP contribution in [0.15, 0.2) is 0 Å². The van der Waals surface area contributed by atoms with E-state index in [-0.39, 0.29) is 0 Å². The van der Waals surface area contributed by atoms with Crippen LogP contribution in [0.2, 0.25) is 0 Å². The second-order valence-electron chi connectivity index (χ2n) is 5.86. The third-order valence-corrected chi connectivity index (χ3v) is 5.02. The van der Waals surface area contributed by atoms with Gasteiger partial charge in [-0.15, -0.1) is 11.3 Å². The molecular weight excluding hydrogens is 268 g/mol. The number of piperazine rings is 1. The average molecular weight is 296 g/mol. The van der Waals surface area contributed by atoms with E-state index in [0.29, 0.717) is 6.04 Å². The summed E-state index contributed by atoms with van der Waals surface area (Å²) in [4.78, 5) is 11.2. The lowest BCUT2D eigenvalue weighted by Crippen LogP contribution is -2.45. The van der Waals surface area contributed by atoms with Gasteiger partial charge in [0.1, 0.15) is 5.01 Å². The van der Waals surface area contributed by atoms with E-state index in [4.69, 9.17) is 4.98 Å². The van der Waals surface area contributed by atoms with E-state index < -0.39 is 0 Å². The molecule has 0 spiro atoms. The van der Waals surface area contributed by atoms with E-state index in [1.807, 2.05) is 11.3 Å². The van der Waals surface area contributed by atoms with E-state index in [1.165, 1.54) is 48.3 Å². The van der Waals surface area contributed by atoms with Gasteiger partial charge in [0.05, 0.1) is 12.2 Å². The molecule has 0 unspecified atom stereocenters. The first-order valence-corrected chi connectivity index (χ1v) is 8.53. The van der Waals surface area contributed by atoms with Crippen molar-refractivity contribution in [1.82, 2.24) is 20.1 Å². The quantitative estimate of drug-likeness (QED) is 0.871. The van der Waals surface area contributed by atoms with Gasteiger partial charge in [0.2, 0.25) is 0 Å². The van der Waals surface area contributed by atoms with Crippen molar-refractivity contribution in [2.75, 3.05) is 32.7 Å². The molecule has 1 aliphatic heterocycles. The number of thiazole rings is 1. The van der Waals surface area contributed by atoms with Gasteiger partial charge in [-0.2, -0.15) is 0 Å². The van der Waals surface area contributed by atoms with Gasteiger partial charge in [0.25, 0.3) is 0 Å². The minimum atomic E-state index is 0.530. The maximum Gasteiger partial charge on any atom is 0.107 e. The number of nitrogens with zero attached hydrogens (tertiary/aromatic N) is 3. The lowest BCUT2D eigenvalue weighted by atomic mass is 10.3. The first-order chi connectivity index (χ1) is 9.58. The van der Waals surface area contributed by atoms with Crippen molar-refractivity contribution in [3.63, 3.8) is 0 Å². The Morgan fingerprint density at radius 1 is 1.20 bits per heavy atom. The molecule has 1 aromatic rings. The molecule has 0 aliphatic carbocycles. The Morgan fingerprint density at radius 3 is 2.45 bits per heavy atom. The van der Waals surface area contributed by atoms with Gasteiger partial charge in [-0.05, 0) is 13.5 Å². The van der Waals surface area contributed by atoms with Crippen LogP contribution < -0.4 is 5.32 Å². The molecule has 0 saturated carbocycles. The summed E-state index contributed by atoms with van der Waals surface area (Å²) in [7, 11) is 0. The number of hydrogen-bond donors (Lipinski definition) is 1. The Kier molecular flexibility index (Phi) is 5.96. The molecule has 1 fully saturated rings. The molecule has 2 heterocycles. The predicted molar refractivity (Wildman–Crippen MR) is 86.2 cm³/mol. The summed E-state index contributed by atoms with van der Waals surface area (Å²) in [6, 6.07) is 0.530. The predicted octanol–water partition coefficient (Wildman–Crippen LogP) is 2.09. The van der Waals surface area contributed by atoms with Crippen LogP contribution in [-0.2, 0) is 13.1 Å². The maximum atomic E-state index is 4.75. The number of rotatable bonds is 6. The molecule has 0 radical (unpaired) electrons. The Balaban J connectivity index is 1.86. The van der Waals surface area contributed by atoms with Gasteiger partial charge in [-0.1, -0.05) is 20.8 Å². The van der Waals surface area contributed by atoms with Crippen molar-refractivity contribution in [1.29, 1.82) is 0 Å². The minimum Gasteiger partial charge on any atom is -0.310 e. The Labute approximate surface area is 127 Å². The number of likely N-dealkylation sites (N-methyl/N-ethyl adjacent to an activating group) is 1. The molecule has 0 bridgehead atoms. The monoisotopic (exact) mass is 296 g/mol. The van der Waals surface area contributed by atoms with Crippen LogP contribution in [0, 0.1) is 6.92 Å². The smallest absolute Gasteiger partial charge is 0.107 e. The van der Waals surface area contributed by atoms with Crippen LogP contribution in [-0.4, -0.2) is 53.5 Å². The van der Waals surface area contributed by atoms with Gasteiger partial charge in [-0.3, -0.25) is 4.90 Å². The van der Waals surface area contributed by atoms with Gasteiger partial charge < -0.3 is 10.2 Å². The van der Waals surface area contributed by atoms with Crippen LogP contribution in [0.4, 0.5) is 0 Å². The van der Waals surface area contributed by atoms with Crippen LogP contribution in [0.3, 0.4) is 0 Å². The molecule has 1 saturated heterocycles. The molecule has 5 heteroatoms. The van der Waals surface area contributed by atoms with E-state index in [9.17, 15) is 0 Å². The Hall–Kier alpha value is -0.490. The van der Waals surface area contributed by atoms with Crippen LogP contribution >= 0.6 is 11.3 Å². The van der Waals surface area contributed by atoms with Crippen molar-refractivity contribution in [2.24, 2.45) is 0 Å². The summed E-state index contributed by atoms with van der Waals surface area (Å²) in [6.07, 6.45) is 0. The molecule has 1 aliphatic rings. The zero-order valence-corrected chi connectivity index (χ0v) is 14.1. The van der Waals surface area contributed by atoms with E-state index in [0.717, 1.165) is 13.1 Å². The van der Waals surface area contributed by atoms with Crippen molar-refractivity contribution in [3.05, 3.63) is 15.6 Å². The van der Waals surface area contributed by atoms with Crippen LogP contribution in [0.5, 0.6) is 0 Å². The Bertz CT molecular complexity index is 408. The summed E-state index contributed by atoms with van der Waals surface area (Å²) >= 11 is 1.87. The summed E-state index contributed by atoms with van der Waals surface area (Å²) in [6.45, 7) is 16.6. The normalized spacial score (nSPS) is 18.1. The van der Waals surface area contributed by atoms with Gasteiger partial charge in [0, 0.05) is 43.6 Å². The first-order valence-electron chi connectivity index (χ1n) is 7.71. The van der Waals surface area contributed by atoms with E-state index in [2.05, 4.69) is 42.8 Å². The molecule has 2 rings (SSSR count). The van der Waals surface area contributed by atoms with Gasteiger partial charge in [-0.25, -0.2) is 4.98 Å². The molecule has 114 valence electrons. The number of hydrogen-bond acceptors (Lipinski definition) is 5. The summed E-state index contributed by atoms with van der Waals surface area (Å²) in [5, 5.41) is 4.75. The van der Waals surface area contributed by atoms with E-state index in [1.54, 1.807) is 0 Å². The highest BCUT2D eigenvalue weighted by molar-refractivity contribution is 7.11. The molecule has 0 aromatic carbocycles. The Morgan fingerprint density at radius 2 is 1.85 bits per heavy atom. The number of aryl methyl sites for hydroxylation is 1. The second-order valence-corrected chi connectivity index (χ2v) is 7.03. The zero-order chi connectivity index (χ0) is 14.5. The molecule has 0 atom stereocenters. The molecule has 4 nitrogen and oxygen atoms in total. The minimum absolute atomic E-state index is 0.530. The number of aromatic nitrogens is 1. The van der Waals surface area contributed by atoms with Crippen molar-refractivity contribution >= 4 is 11.3 Å². The summed E-state index contributed by atoms with van der Waals surface area (Å²) in [5.74, 6) is 0. The zero-order valence-electron chi connectivity index (χ0n) is 13.3. The fourth-order valence-corrected chi connectivity index (χ4v) is 3.53. The lowest BCUT2D eigenvalue weighted by molar-refractivity contribution is 0.132. The third-order valence-electron chi connectivity index (χ3n) is 3.88. The highest BCUT2D eigenvalue weighted by Gasteiger charge is 2.17. The SMILES string of the molecule is CCN1CCN(Cc2nc(C)c(CNC(C)C)s2)CC1. The summed E-state index contributed by atoms with van der Waals surface area (Å²) < 4.78 is 0. The van der Waals surface area contributed by atoms with Crippen molar-refractivity contribution < 1.29 is 0 Å². The molecule has 1 N–H and O–H groups in total. The summed E-state index contributed by atoms with van der Waals surface area (Å²) in [5.41, 5.74) is 1.20. The second kappa shape index (κ2) is 7.50. The first kappa shape index (κ1) is 15.9. The van der Waals surface area contributed by atoms with Gasteiger partial charge in [0.15, 0.2) is 0 Å². The number of nitrogens with one attached hydrogen (secondary N) is 1. The fourth-order valence-electron chi connectivity index (χ4n) is 2.47. The molecule has 20 heavy (non-hydrogen) atoms. The highest BCUT2D eigenvalue weighted by atomic mass is 32.1. The maximum absolute atomic E-state index is 4.75. The van der Waals surface area contributed by atoms with E-state index >= 15 is 0 Å². The molecule has 0 amide bonds. The van der Waals surface area contributed by atoms with Crippen molar-refractivity contribution in [2.45, 2.75) is 46.8 Å². The van der Waals surface area contributed by atoms with Gasteiger partial charge >= 0.3 is 0 Å².